The summed E-state index contributed by atoms with van der Waals surface area (Å²) in [6.45, 7) is 5.05. The minimum absolute atomic E-state index is 0.0125. The summed E-state index contributed by atoms with van der Waals surface area (Å²) in [7, 11) is -0.326. The molecule has 0 bridgehead atoms. The van der Waals surface area contributed by atoms with Crippen molar-refractivity contribution in [3.63, 3.8) is 0 Å². The molecule has 1 fully saturated rings. The van der Waals surface area contributed by atoms with Crippen LogP contribution in [0.15, 0.2) is 24.3 Å². The number of rotatable bonds is 3. The van der Waals surface area contributed by atoms with Gasteiger partial charge in [0.05, 0.1) is 22.9 Å². The first-order valence-corrected chi connectivity index (χ1v) is 9.67. The number of nitrogens with zero attached hydrogens (tertiary/aromatic N) is 2. The molecule has 4 atom stereocenters. The second-order valence-corrected chi connectivity index (χ2v) is 8.73. The zero-order valence-corrected chi connectivity index (χ0v) is 16.3. The van der Waals surface area contributed by atoms with E-state index in [2.05, 4.69) is 0 Å². The van der Waals surface area contributed by atoms with Gasteiger partial charge in [0.2, 0.25) is 4.87 Å². The summed E-state index contributed by atoms with van der Waals surface area (Å²) in [6, 6.07) is 7.02. The van der Waals surface area contributed by atoms with Crippen LogP contribution < -0.4 is 0 Å². The Morgan fingerprint density at radius 2 is 2.04 bits per heavy atom. The number of hydrogen-bond acceptors (Lipinski definition) is 5. The standard InChI is InChI=1S/C18H23FN2O4S/c1-17(2,3)25-16(22)21-15(12-8-6-7-9-13(12)19)14(24-4)10-18(21,11-20)26(5)23/h6-9,14-15H,10H2,1-5H3. The van der Waals surface area contributed by atoms with Crippen LogP contribution in [-0.2, 0) is 20.3 Å². The topological polar surface area (TPSA) is 79.6 Å². The fourth-order valence-electron chi connectivity index (χ4n) is 3.13. The highest BCUT2D eigenvalue weighted by Gasteiger charge is 2.59. The molecule has 1 saturated heterocycles. The van der Waals surface area contributed by atoms with Gasteiger partial charge in [-0.2, -0.15) is 5.26 Å². The molecule has 2 rings (SSSR count). The monoisotopic (exact) mass is 382 g/mol. The average Bonchev–Trinajstić information content (AvgIpc) is 2.89. The normalized spacial score (nSPS) is 27.0. The molecular formula is C18H23FN2O4S. The Labute approximate surface area is 155 Å². The molecule has 1 aliphatic rings. The zero-order chi connectivity index (χ0) is 19.7. The molecule has 0 radical (unpaired) electrons. The summed E-state index contributed by atoms with van der Waals surface area (Å²) in [5.74, 6) is -0.538. The van der Waals surface area contributed by atoms with Crippen molar-refractivity contribution < 1.29 is 22.9 Å². The summed E-state index contributed by atoms with van der Waals surface area (Å²) in [5, 5.41) is 9.81. The van der Waals surface area contributed by atoms with Gasteiger partial charge < -0.3 is 9.47 Å². The molecule has 1 aromatic rings. The van der Waals surface area contributed by atoms with Crippen molar-refractivity contribution in [3.8, 4) is 6.07 Å². The Bertz CT molecular complexity index is 758. The molecular weight excluding hydrogens is 359 g/mol. The van der Waals surface area contributed by atoms with Crippen LogP contribution in [0, 0.1) is 17.1 Å². The second kappa shape index (κ2) is 7.33. The SMILES string of the molecule is COC1CC(C#N)(S(C)=O)N(C(=O)OC(C)(C)C)C1c1ccccc1F. The molecule has 0 spiro atoms. The van der Waals surface area contributed by atoms with Gasteiger partial charge in [0.15, 0.2) is 0 Å². The molecule has 0 saturated carbocycles. The van der Waals surface area contributed by atoms with Crippen molar-refractivity contribution in [3.05, 3.63) is 35.6 Å². The number of halogens is 1. The number of hydrogen-bond donors (Lipinski definition) is 0. The Morgan fingerprint density at radius 1 is 1.42 bits per heavy atom. The number of nitriles is 1. The molecule has 1 aliphatic heterocycles. The number of ether oxygens (including phenoxy) is 2. The van der Waals surface area contributed by atoms with E-state index in [-0.39, 0.29) is 12.0 Å². The largest absolute Gasteiger partial charge is 0.444 e. The van der Waals surface area contributed by atoms with Crippen molar-refractivity contribution in [1.29, 1.82) is 5.26 Å². The summed E-state index contributed by atoms with van der Waals surface area (Å²) in [4.78, 5) is 12.4. The maximum atomic E-state index is 14.5. The summed E-state index contributed by atoms with van der Waals surface area (Å²) < 4.78 is 37.9. The van der Waals surface area contributed by atoms with Crippen molar-refractivity contribution in [2.75, 3.05) is 13.4 Å². The zero-order valence-electron chi connectivity index (χ0n) is 15.5. The third-order valence-electron chi connectivity index (χ3n) is 4.26. The van der Waals surface area contributed by atoms with E-state index in [1.165, 1.54) is 31.6 Å². The Balaban J connectivity index is 2.65. The van der Waals surface area contributed by atoms with Crippen LogP contribution in [0.1, 0.15) is 38.8 Å². The van der Waals surface area contributed by atoms with E-state index in [0.717, 1.165) is 4.90 Å². The lowest BCUT2D eigenvalue weighted by atomic mass is 10.0. The third kappa shape index (κ3) is 3.60. The molecule has 26 heavy (non-hydrogen) atoms. The van der Waals surface area contributed by atoms with Gasteiger partial charge in [-0.3, -0.25) is 9.11 Å². The number of carbonyl (C=O) groups is 1. The third-order valence-corrected chi connectivity index (χ3v) is 5.67. The Kier molecular flexibility index (Phi) is 5.73. The van der Waals surface area contributed by atoms with E-state index in [9.17, 15) is 18.7 Å². The van der Waals surface area contributed by atoms with E-state index in [1.54, 1.807) is 26.8 Å². The predicted octanol–water partition coefficient (Wildman–Crippen LogP) is 3.12. The highest BCUT2D eigenvalue weighted by molar-refractivity contribution is 7.86. The van der Waals surface area contributed by atoms with Gasteiger partial charge in [-0.25, -0.2) is 9.18 Å². The van der Waals surface area contributed by atoms with Crippen LogP contribution in [-0.4, -0.2) is 45.1 Å². The molecule has 1 amide bonds. The lowest BCUT2D eigenvalue weighted by molar-refractivity contribution is 0.00425. The first-order valence-electron chi connectivity index (χ1n) is 8.11. The van der Waals surface area contributed by atoms with E-state index in [1.807, 2.05) is 6.07 Å². The lowest BCUT2D eigenvalue weighted by Crippen LogP contribution is -2.51. The summed E-state index contributed by atoms with van der Waals surface area (Å²) in [6.07, 6.45) is -0.205. The van der Waals surface area contributed by atoms with Gasteiger partial charge in [0, 0.05) is 25.3 Å². The van der Waals surface area contributed by atoms with Crippen LogP contribution >= 0.6 is 0 Å². The predicted molar refractivity (Wildman–Crippen MR) is 95.0 cm³/mol. The first-order chi connectivity index (χ1) is 12.1. The molecule has 8 heteroatoms. The molecule has 0 aliphatic carbocycles. The molecule has 0 aromatic heterocycles. The minimum Gasteiger partial charge on any atom is -0.444 e. The lowest BCUT2D eigenvalue weighted by Gasteiger charge is -2.36. The highest BCUT2D eigenvalue weighted by atomic mass is 32.2. The number of likely N-dealkylation sites (tertiary alicyclic amines) is 1. The second-order valence-electron chi connectivity index (χ2n) is 7.15. The number of carbonyl (C=O) groups excluding carboxylic acids is 1. The van der Waals surface area contributed by atoms with Crippen LogP contribution in [0.2, 0.25) is 0 Å². The van der Waals surface area contributed by atoms with E-state index in [0.29, 0.717) is 0 Å². The van der Waals surface area contributed by atoms with Gasteiger partial charge in [0.25, 0.3) is 0 Å². The van der Waals surface area contributed by atoms with Crippen LogP contribution in [0.3, 0.4) is 0 Å². The molecule has 1 heterocycles. The summed E-state index contributed by atoms with van der Waals surface area (Å²) >= 11 is 0. The quantitative estimate of drug-likeness (QED) is 0.802. The van der Waals surface area contributed by atoms with E-state index >= 15 is 0 Å². The van der Waals surface area contributed by atoms with Crippen LogP contribution in [0.5, 0.6) is 0 Å². The minimum atomic E-state index is -1.74. The molecule has 142 valence electrons. The van der Waals surface area contributed by atoms with E-state index in [4.69, 9.17) is 9.47 Å². The van der Waals surface area contributed by atoms with Crippen molar-refractivity contribution in [2.24, 2.45) is 0 Å². The summed E-state index contributed by atoms with van der Waals surface area (Å²) in [5.41, 5.74) is -0.647. The first kappa shape index (κ1) is 20.3. The maximum absolute atomic E-state index is 14.5. The van der Waals surface area contributed by atoms with Crippen molar-refractivity contribution in [1.82, 2.24) is 4.90 Å². The maximum Gasteiger partial charge on any atom is 0.412 e. The fourth-order valence-corrected chi connectivity index (χ4v) is 4.12. The van der Waals surface area contributed by atoms with Gasteiger partial charge >= 0.3 is 6.09 Å². The molecule has 0 N–H and O–H groups in total. The van der Waals surface area contributed by atoms with Crippen molar-refractivity contribution in [2.45, 2.75) is 49.8 Å². The van der Waals surface area contributed by atoms with Crippen LogP contribution in [0.4, 0.5) is 9.18 Å². The Hall–Kier alpha value is -1.98. The molecule has 4 unspecified atom stereocenters. The van der Waals surface area contributed by atoms with Gasteiger partial charge in [-0.05, 0) is 26.8 Å². The fraction of sp³-hybridized carbons (Fsp3) is 0.556. The smallest absolute Gasteiger partial charge is 0.412 e. The average molecular weight is 382 g/mol. The molecule has 6 nitrogen and oxygen atoms in total. The van der Waals surface area contributed by atoms with Gasteiger partial charge in [-0.15, -0.1) is 0 Å². The number of amides is 1. The van der Waals surface area contributed by atoms with Crippen molar-refractivity contribution >= 4 is 16.9 Å². The van der Waals surface area contributed by atoms with Gasteiger partial charge in [0.1, 0.15) is 17.5 Å². The van der Waals surface area contributed by atoms with E-state index < -0.39 is 45.3 Å². The van der Waals surface area contributed by atoms with Crippen LogP contribution in [0.25, 0.3) is 0 Å². The highest BCUT2D eigenvalue weighted by Crippen LogP contribution is 2.46. The number of methoxy groups -OCH3 is 1. The Morgan fingerprint density at radius 3 is 2.50 bits per heavy atom. The number of benzene rings is 1. The van der Waals surface area contributed by atoms with Gasteiger partial charge in [-0.1, -0.05) is 18.2 Å². The molecule has 1 aromatic carbocycles.